The van der Waals surface area contributed by atoms with Crippen LogP contribution >= 0.6 is 0 Å². The highest BCUT2D eigenvalue weighted by Crippen LogP contribution is 2.79. The lowest BCUT2D eigenvalue weighted by Gasteiger charge is -2.63. The molecule has 5 rings (SSSR count). The number of allylic oxidation sites excluding steroid dienone is 2. The van der Waals surface area contributed by atoms with Gasteiger partial charge in [0.15, 0.2) is 0 Å². The molecule has 0 aromatic rings. The Morgan fingerprint density at radius 3 is 1.60 bits per heavy atom. The van der Waals surface area contributed by atoms with Gasteiger partial charge in [-0.15, -0.1) is 0 Å². The topological polar surface area (TPSA) is 93.1 Å². The lowest BCUT2D eigenvalue weighted by atomic mass is 9.40. The first kappa shape index (κ1) is 15.3. The minimum Gasteiger partial charge on any atom is -0.511 e. The average Bonchev–Trinajstić information content (AvgIpc) is 3.09. The summed E-state index contributed by atoms with van der Waals surface area (Å²) in [5, 5.41) is 21.7. The number of hydrogen-bond donors (Lipinski definition) is 2. The number of ether oxygens (including phenoxy) is 2. The quantitative estimate of drug-likeness (QED) is 0.758. The second-order valence-electron chi connectivity index (χ2n) is 7.86. The van der Waals surface area contributed by atoms with Gasteiger partial charge in [0, 0.05) is 23.7 Å². The molecule has 0 radical (unpaired) electrons. The van der Waals surface area contributed by atoms with Crippen LogP contribution in [0.1, 0.15) is 20.3 Å². The number of carbonyl (C=O) groups excluding carboxylic acids is 2. The predicted octanol–water partition coefficient (Wildman–Crippen LogP) is 2.12. The summed E-state index contributed by atoms with van der Waals surface area (Å²) in [4.78, 5) is 25.0. The molecule has 0 heterocycles. The molecule has 5 aliphatic carbocycles. The summed E-state index contributed by atoms with van der Waals surface area (Å²) in [6.45, 7) is 3.96. The molecular weight excluding hydrogens is 324 g/mol. The van der Waals surface area contributed by atoms with E-state index in [-0.39, 0.29) is 48.4 Å². The summed E-state index contributed by atoms with van der Waals surface area (Å²) in [5.41, 5.74) is 0.683. The lowest BCUT2D eigenvalue weighted by Crippen LogP contribution is -2.63. The summed E-state index contributed by atoms with van der Waals surface area (Å²) < 4.78 is 10.4. The van der Waals surface area contributed by atoms with E-state index >= 15 is 0 Å². The molecule has 0 aromatic heterocycles. The van der Waals surface area contributed by atoms with E-state index in [1.807, 2.05) is 0 Å². The number of esters is 2. The smallest absolute Gasteiger partial charge is 0.337 e. The van der Waals surface area contributed by atoms with E-state index in [1.165, 1.54) is 0 Å². The van der Waals surface area contributed by atoms with Crippen LogP contribution in [0.2, 0.25) is 0 Å². The van der Waals surface area contributed by atoms with Gasteiger partial charge in [-0.2, -0.15) is 0 Å². The van der Waals surface area contributed by atoms with Gasteiger partial charge in [0.2, 0.25) is 0 Å². The van der Waals surface area contributed by atoms with Crippen LogP contribution < -0.4 is 0 Å². The highest BCUT2D eigenvalue weighted by Gasteiger charge is 2.77. The largest absolute Gasteiger partial charge is 0.511 e. The molecule has 2 bridgehead atoms. The van der Waals surface area contributed by atoms with Crippen LogP contribution in [0.25, 0.3) is 0 Å². The van der Waals surface area contributed by atoms with Crippen molar-refractivity contribution in [1.29, 1.82) is 0 Å². The molecule has 0 aromatic carbocycles. The molecule has 8 atom stereocenters. The Hall–Kier alpha value is -1.98. The van der Waals surface area contributed by atoms with Crippen molar-refractivity contribution >= 4 is 11.9 Å². The molecule has 0 spiro atoms. The fourth-order valence-electron chi connectivity index (χ4n) is 6.94. The Balaban J connectivity index is 1.66. The van der Waals surface area contributed by atoms with Gasteiger partial charge >= 0.3 is 11.9 Å². The second kappa shape index (κ2) is 4.80. The Morgan fingerprint density at radius 1 is 0.840 bits per heavy atom. The van der Waals surface area contributed by atoms with Gasteiger partial charge < -0.3 is 19.7 Å². The zero-order valence-electron chi connectivity index (χ0n) is 14.3. The van der Waals surface area contributed by atoms with Crippen molar-refractivity contribution in [2.75, 3.05) is 13.2 Å². The van der Waals surface area contributed by atoms with Crippen molar-refractivity contribution in [2.45, 2.75) is 20.3 Å². The molecule has 6 heteroatoms. The first-order valence-corrected chi connectivity index (χ1v) is 9.23. The minimum absolute atomic E-state index is 0.0924. The van der Waals surface area contributed by atoms with Crippen molar-refractivity contribution < 1.29 is 29.3 Å². The van der Waals surface area contributed by atoms with Crippen LogP contribution in [0.15, 0.2) is 22.7 Å². The third-order valence-electron chi connectivity index (χ3n) is 7.34. The van der Waals surface area contributed by atoms with Gasteiger partial charge in [0.25, 0.3) is 0 Å². The van der Waals surface area contributed by atoms with Crippen LogP contribution in [-0.4, -0.2) is 35.4 Å². The minimum atomic E-state index is -0.481. The summed E-state index contributed by atoms with van der Waals surface area (Å²) >= 11 is 0. The zero-order valence-corrected chi connectivity index (χ0v) is 14.3. The number of aliphatic hydroxyl groups is 2. The van der Waals surface area contributed by atoms with Crippen molar-refractivity contribution in [3.8, 4) is 0 Å². The number of hydrogen-bond acceptors (Lipinski definition) is 6. The molecule has 3 saturated carbocycles. The fraction of sp³-hybridized carbons (Fsp3) is 0.684. The van der Waals surface area contributed by atoms with Crippen molar-refractivity contribution in [1.82, 2.24) is 0 Å². The summed E-state index contributed by atoms with van der Waals surface area (Å²) in [6.07, 6.45) is 0.956. The predicted molar refractivity (Wildman–Crippen MR) is 85.1 cm³/mol. The van der Waals surface area contributed by atoms with E-state index in [9.17, 15) is 19.8 Å². The number of carbonyl (C=O) groups is 2. The molecule has 0 saturated heterocycles. The van der Waals surface area contributed by atoms with E-state index in [2.05, 4.69) is 0 Å². The Morgan fingerprint density at radius 2 is 1.24 bits per heavy atom. The van der Waals surface area contributed by atoms with Crippen LogP contribution in [0, 0.1) is 47.3 Å². The molecule has 25 heavy (non-hydrogen) atoms. The highest BCUT2D eigenvalue weighted by atomic mass is 16.5. The lowest BCUT2D eigenvalue weighted by molar-refractivity contribution is -0.155. The van der Waals surface area contributed by atoms with Gasteiger partial charge in [0.1, 0.15) is 11.5 Å². The highest BCUT2D eigenvalue weighted by molar-refractivity contribution is 5.94. The van der Waals surface area contributed by atoms with Crippen molar-refractivity contribution in [3.05, 3.63) is 22.7 Å². The first-order valence-electron chi connectivity index (χ1n) is 9.23. The molecule has 2 N–H and O–H groups in total. The molecular formula is C19H22O6. The van der Waals surface area contributed by atoms with Crippen LogP contribution in [0.3, 0.4) is 0 Å². The first-order chi connectivity index (χ1) is 12.0. The Labute approximate surface area is 145 Å². The molecule has 0 amide bonds. The third kappa shape index (κ3) is 1.53. The van der Waals surface area contributed by atoms with Gasteiger partial charge in [-0.25, -0.2) is 9.59 Å². The molecule has 0 aliphatic heterocycles. The van der Waals surface area contributed by atoms with Crippen molar-refractivity contribution in [2.24, 2.45) is 47.3 Å². The molecule has 6 nitrogen and oxygen atoms in total. The maximum Gasteiger partial charge on any atom is 0.337 e. The summed E-state index contributed by atoms with van der Waals surface area (Å²) in [6, 6.07) is 0. The van der Waals surface area contributed by atoms with Crippen LogP contribution in [-0.2, 0) is 19.1 Å². The van der Waals surface area contributed by atoms with Crippen LogP contribution in [0.5, 0.6) is 0 Å². The van der Waals surface area contributed by atoms with E-state index in [4.69, 9.17) is 9.47 Å². The Bertz CT molecular complexity index is 687. The number of aliphatic hydroxyl groups excluding tert-OH is 2. The van der Waals surface area contributed by atoms with Gasteiger partial charge in [-0.1, -0.05) is 0 Å². The van der Waals surface area contributed by atoms with Gasteiger partial charge in [-0.3, -0.25) is 0 Å². The number of fused-ring (bicyclic) bond motifs is 2. The second-order valence-corrected chi connectivity index (χ2v) is 7.86. The summed E-state index contributed by atoms with van der Waals surface area (Å²) in [7, 11) is 0. The molecule has 134 valence electrons. The summed E-state index contributed by atoms with van der Waals surface area (Å²) in [5.74, 6) is -0.582. The third-order valence-corrected chi connectivity index (χ3v) is 7.34. The fourth-order valence-corrected chi connectivity index (χ4v) is 6.94. The number of rotatable bonds is 4. The van der Waals surface area contributed by atoms with Gasteiger partial charge in [-0.05, 0) is 43.9 Å². The average molecular weight is 346 g/mol. The zero-order chi connectivity index (χ0) is 17.6. The van der Waals surface area contributed by atoms with Crippen LogP contribution in [0.4, 0.5) is 0 Å². The van der Waals surface area contributed by atoms with E-state index in [0.717, 1.165) is 6.42 Å². The Kier molecular flexibility index (Phi) is 2.94. The van der Waals surface area contributed by atoms with Gasteiger partial charge in [0.05, 0.1) is 24.4 Å². The molecule has 3 fully saturated rings. The monoisotopic (exact) mass is 346 g/mol. The molecule has 5 aliphatic rings. The maximum atomic E-state index is 12.5. The molecule has 0 unspecified atom stereocenters. The standard InChI is InChI=1S/C19H22O6/c1-3-24-18(22)14-12-8-6-5-7-9(8)13(12)15(19(23)25-4-2)17(21)11(7)10(6)16(14)20/h6-13,20-21H,3-5H2,1-2H3/t6-,7-,8-,9+,10-,11-,12+,13-/m0/s1. The van der Waals surface area contributed by atoms with E-state index < -0.39 is 11.9 Å². The van der Waals surface area contributed by atoms with Crippen molar-refractivity contribution in [3.63, 3.8) is 0 Å². The van der Waals surface area contributed by atoms with E-state index in [0.29, 0.717) is 34.8 Å². The maximum absolute atomic E-state index is 12.5. The normalized spacial score (nSPS) is 44.9. The SMILES string of the molecule is CCOC(=O)C1=C(O)[C@H]2[C@H]3C[C@@H]4[C@@H]2C(O)=C(C(=O)OCC)[C@H]2[C@@H]1[C@H]3[C@H]42. The van der Waals surface area contributed by atoms with E-state index in [1.54, 1.807) is 13.8 Å².